The minimum Gasteiger partial charge on any atom is -0.392 e. The van der Waals surface area contributed by atoms with Crippen LogP contribution in [0.5, 0.6) is 0 Å². The summed E-state index contributed by atoms with van der Waals surface area (Å²) in [6, 6.07) is 7.69. The van der Waals surface area contributed by atoms with Crippen LogP contribution in [0.2, 0.25) is 0 Å². The van der Waals surface area contributed by atoms with Crippen molar-refractivity contribution in [3.63, 3.8) is 0 Å². The molecular weight excluding hydrogens is 176 g/mol. The highest BCUT2D eigenvalue weighted by atomic mass is 16.2. The number of hydrogen-bond donors (Lipinski definition) is 1. The van der Waals surface area contributed by atoms with Gasteiger partial charge in [-0.2, -0.15) is 0 Å². The van der Waals surface area contributed by atoms with E-state index >= 15 is 0 Å². The first-order valence-electron chi connectivity index (χ1n) is 4.39. The van der Waals surface area contributed by atoms with Gasteiger partial charge in [0.1, 0.15) is 0 Å². The highest BCUT2D eigenvalue weighted by Gasteiger charge is 1.94. The molecule has 0 amide bonds. The molecule has 1 heterocycles. The topological polar surface area (TPSA) is 46.0 Å². The smallest absolute Gasteiger partial charge is 0.0894 e. The van der Waals surface area contributed by atoms with Crippen LogP contribution in [-0.2, 0) is 0 Å². The lowest BCUT2D eigenvalue weighted by Gasteiger charge is -1.96. The van der Waals surface area contributed by atoms with E-state index in [1.807, 2.05) is 24.3 Å². The molecular formula is C11H10N2O. The van der Waals surface area contributed by atoms with Crippen molar-refractivity contribution in [2.45, 2.75) is 0 Å². The average molecular weight is 186 g/mol. The Morgan fingerprint density at radius 3 is 2.79 bits per heavy atom. The van der Waals surface area contributed by atoms with Crippen molar-refractivity contribution in [1.29, 1.82) is 0 Å². The Labute approximate surface area is 81.8 Å². The second-order valence-electron chi connectivity index (χ2n) is 2.87. The number of para-hydroxylation sites is 2. The Hall–Kier alpha value is -1.74. The lowest BCUT2D eigenvalue weighted by Crippen LogP contribution is -1.86. The number of aromatic nitrogens is 2. The van der Waals surface area contributed by atoms with Gasteiger partial charge in [0.15, 0.2) is 0 Å². The van der Waals surface area contributed by atoms with E-state index in [0.717, 1.165) is 16.7 Å². The van der Waals surface area contributed by atoms with Crippen LogP contribution in [0.25, 0.3) is 17.1 Å². The molecule has 0 unspecified atom stereocenters. The first-order valence-corrected chi connectivity index (χ1v) is 4.39. The summed E-state index contributed by atoms with van der Waals surface area (Å²) >= 11 is 0. The summed E-state index contributed by atoms with van der Waals surface area (Å²) in [5.74, 6) is 0. The second-order valence-corrected chi connectivity index (χ2v) is 2.87. The molecule has 2 rings (SSSR count). The maximum atomic E-state index is 8.61. The lowest BCUT2D eigenvalue weighted by atomic mass is 10.3. The van der Waals surface area contributed by atoms with Gasteiger partial charge in [-0.15, -0.1) is 0 Å². The molecule has 0 bridgehead atoms. The van der Waals surface area contributed by atoms with Crippen LogP contribution in [-0.4, -0.2) is 21.7 Å². The number of benzene rings is 1. The highest BCUT2D eigenvalue weighted by molar-refractivity contribution is 5.74. The molecule has 0 spiro atoms. The number of nitrogens with zero attached hydrogens (tertiary/aromatic N) is 2. The van der Waals surface area contributed by atoms with Gasteiger partial charge < -0.3 is 5.11 Å². The normalized spacial score (nSPS) is 11.2. The summed E-state index contributed by atoms with van der Waals surface area (Å²) in [6.07, 6.45) is 5.08. The van der Waals surface area contributed by atoms with Crippen LogP contribution in [0.3, 0.4) is 0 Å². The van der Waals surface area contributed by atoms with Gasteiger partial charge in [0.05, 0.1) is 29.5 Å². The molecule has 0 atom stereocenters. The fraction of sp³-hybridized carbons (Fsp3) is 0.0909. The van der Waals surface area contributed by atoms with Gasteiger partial charge in [-0.05, 0) is 18.2 Å². The van der Waals surface area contributed by atoms with Crippen LogP contribution in [0.15, 0.2) is 36.5 Å². The molecule has 3 nitrogen and oxygen atoms in total. The van der Waals surface area contributed by atoms with Gasteiger partial charge >= 0.3 is 0 Å². The Balaban J connectivity index is 2.46. The molecule has 3 heteroatoms. The number of rotatable bonds is 2. The summed E-state index contributed by atoms with van der Waals surface area (Å²) in [7, 11) is 0. The van der Waals surface area contributed by atoms with Crippen LogP contribution in [0, 0.1) is 0 Å². The van der Waals surface area contributed by atoms with E-state index in [0.29, 0.717) is 0 Å². The van der Waals surface area contributed by atoms with Crippen molar-refractivity contribution in [2.75, 3.05) is 6.61 Å². The molecule has 70 valence electrons. The van der Waals surface area contributed by atoms with E-state index in [2.05, 4.69) is 9.97 Å². The van der Waals surface area contributed by atoms with E-state index in [9.17, 15) is 0 Å². The third-order valence-corrected chi connectivity index (χ3v) is 1.86. The van der Waals surface area contributed by atoms with Gasteiger partial charge in [0.2, 0.25) is 0 Å². The zero-order valence-corrected chi connectivity index (χ0v) is 7.59. The molecule has 1 aromatic heterocycles. The van der Waals surface area contributed by atoms with Gasteiger partial charge in [0.25, 0.3) is 0 Å². The largest absolute Gasteiger partial charge is 0.392 e. The van der Waals surface area contributed by atoms with Gasteiger partial charge in [-0.1, -0.05) is 18.2 Å². The molecule has 0 radical (unpaired) electrons. The Morgan fingerprint density at radius 2 is 2.00 bits per heavy atom. The van der Waals surface area contributed by atoms with Crippen LogP contribution in [0.4, 0.5) is 0 Å². The molecule has 0 fully saturated rings. The number of fused-ring (bicyclic) bond motifs is 1. The second kappa shape index (κ2) is 3.98. The summed E-state index contributed by atoms with van der Waals surface area (Å²) in [4.78, 5) is 8.59. The van der Waals surface area contributed by atoms with Crippen molar-refractivity contribution in [3.8, 4) is 0 Å². The highest BCUT2D eigenvalue weighted by Crippen LogP contribution is 2.08. The van der Waals surface area contributed by atoms with Crippen molar-refractivity contribution in [2.24, 2.45) is 0 Å². The number of aliphatic hydroxyl groups is 1. The quantitative estimate of drug-likeness (QED) is 0.775. The third kappa shape index (κ3) is 1.78. The van der Waals surface area contributed by atoms with E-state index in [-0.39, 0.29) is 6.61 Å². The first kappa shape index (κ1) is 8.84. The monoisotopic (exact) mass is 186 g/mol. The average Bonchev–Trinajstić information content (AvgIpc) is 2.26. The zero-order chi connectivity index (χ0) is 9.80. The van der Waals surface area contributed by atoms with Gasteiger partial charge in [0, 0.05) is 0 Å². The fourth-order valence-electron chi connectivity index (χ4n) is 1.23. The van der Waals surface area contributed by atoms with E-state index in [1.54, 1.807) is 18.3 Å². The number of hydrogen-bond acceptors (Lipinski definition) is 3. The summed E-state index contributed by atoms with van der Waals surface area (Å²) in [5.41, 5.74) is 2.51. The molecule has 2 aromatic rings. The zero-order valence-electron chi connectivity index (χ0n) is 7.59. The Kier molecular flexibility index (Phi) is 2.51. The summed E-state index contributed by atoms with van der Waals surface area (Å²) in [6.45, 7) is 0.0223. The van der Waals surface area contributed by atoms with Crippen molar-refractivity contribution >= 4 is 17.1 Å². The third-order valence-electron chi connectivity index (χ3n) is 1.86. The molecule has 0 saturated heterocycles. The van der Waals surface area contributed by atoms with Crippen LogP contribution < -0.4 is 0 Å². The van der Waals surface area contributed by atoms with Crippen molar-refractivity contribution in [1.82, 2.24) is 9.97 Å². The van der Waals surface area contributed by atoms with Gasteiger partial charge in [-0.25, -0.2) is 4.98 Å². The fourth-order valence-corrected chi connectivity index (χ4v) is 1.23. The minimum absolute atomic E-state index is 0.0223. The molecule has 0 saturated carbocycles. The van der Waals surface area contributed by atoms with Crippen LogP contribution in [0.1, 0.15) is 5.69 Å². The molecule has 1 aromatic carbocycles. The predicted molar refractivity (Wildman–Crippen MR) is 55.7 cm³/mol. The first-order chi connectivity index (χ1) is 6.90. The maximum Gasteiger partial charge on any atom is 0.0894 e. The molecule has 0 aliphatic heterocycles. The predicted octanol–water partition coefficient (Wildman–Crippen LogP) is 1.64. The molecule has 0 aliphatic carbocycles. The SMILES string of the molecule is OCC=Cc1cnc2ccccc2n1. The van der Waals surface area contributed by atoms with Gasteiger partial charge in [-0.3, -0.25) is 4.98 Å². The Bertz CT molecular complexity index is 466. The number of aliphatic hydroxyl groups excluding tert-OH is 1. The molecule has 14 heavy (non-hydrogen) atoms. The van der Waals surface area contributed by atoms with E-state index < -0.39 is 0 Å². The van der Waals surface area contributed by atoms with Crippen molar-refractivity contribution < 1.29 is 5.11 Å². The molecule has 1 N–H and O–H groups in total. The van der Waals surface area contributed by atoms with Crippen LogP contribution >= 0.6 is 0 Å². The Morgan fingerprint density at radius 1 is 1.21 bits per heavy atom. The summed E-state index contributed by atoms with van der Waals surface area (Å²) < 4.78 is 0. The summed E-state index contributed by atoms with van der Waals surface area (Å²) in [5, 5.41) is 8.61. The molecule has 0 aliphatic rings. The minimum atomic E-state index is 0.0223. The standard InChI is InChI=1S/C11H10N2O/c14-7-3-4-9-8-12-10-5-1-2-6-11(10)13-9/h1-6,8,14H,7H2. The van der Waals surface area contributed by atoms with Crippen molar-refractivity contribution in [3.05, 3.63) is 42.2 Å². The maximum absolute atomic E-state index is 8.61. The van der Waals surface area contributed by atoms with E-state index in [1.165, 1.54) is 0 Å². The van der Waals surface area contributed by atoms with E-state index in [4.69, 9.17) is 5.11 Å². The lowest BCUT2D eigenvalue weighted by molar-refractivity contribution is 0.343.